The molecule has 0 bridgehead atoms. The Kier molecular flexibility index (Phi) is 3.45. The Morgan fingerprint density at radius 2 is 2.10 bits per heavy atom. The first-order valence-electron chi connectivity index (χ1n) is 5.64. The van der Waals surface area contributed by atoms with Gasteiger partial charge in [0.1, 0.15) is 5.82 Å². The summed E-state index contributed by atoms with van der Waals surface area (Å²) in [5.41, 5.74) is 0.452. The summed E-state index contributed by atoms with van der Waals surface area (Å²) in [6.45, 7) is 0. The zero-order chi connectivity index (χ0) is 14.3. The van der Waals surface area contributed by atoms with E-state index >= 15 is 0 Å². The third kappa shape index (κ3) is 2.30. The van der Waals surface area contributed by atoms with E-state index in [1.165, 1.54) is 28.7 Å². The second-order valence-corrected chi connectivity index (χ2v) is 6.78. The molecule has 0 saturated heterocycles. The first-order chi connectivity index (χ1) is 9.56. The van der Waals surface area contributed by atoms with Gasteiger partial charge in [0.25, 0.3) is 5.91 Å². The molecule has 0 fully saturated rings. The molecule has 102 valence electrons. The van der Waals surface area contributed by atoms with Gasteiger partial charge in [-0.15, -0.1) is 11.3 Å². The maximum atomic E-state index is 13.8. The highest BCUT2D eigenvalue weighted by Crippen LogP contribution is 2.22. The van der Waals surface area contributed by atoms with Crippen molar-refractivity contribution >= 4 is 50.4 Å². The average Bonchev–Trinajstić information content (AvgIpc) is 2.96. The van der Waals surface area contributed by atoms with Crippen molar-refractivity contribution in [1.29, 1.82) is 0 Å². The molecule has 2 heterocycles. The predicted octanol–water partition coefficient (Wildman–Crippen LogP) is 3.83. The summed E-state index contributed by atoms with van der Waals surface area (Å²) in [6, 6.07) is 8.11. The van der Waals surface area contributed by atoms with E-state index in [1.54, 1.807) is 35.9 Å². The van der Waals surface area contributed by atoms with E-state index in [4.69, 9.17) is 11.6 Å². The Bertz CT molecular complexity index is 878. The molecule has 0 radical (unpaired) electrons. The van der Waals surface area contributed by atoms with Crippen LogP contribution in [0.4, 0.5) is 4.39 Å². The molecule has 0 aliphatic heterocycles. The maximum Gasteiger partial charge on any atom is 0.289 e. The molecule has 0 spiro atoms. The Morgan fingerprint density at radius 1 is 1.30 bits per heavy atom. The number of hydrogen-bond donors (Lipinski definition) is 0. The molecule has 7 heteroatoms. The molecule has 3 aromatic rings. The minimum absolute atomic E-state index is 0.325. The summed E-state index contributed by atoms with van der Waals surface area (Å²) in [5, 5.41) is 0. The monoisotopic (exact) mass is 326 g/mol. The summed E-state index contributed by atoms with van der Waals surface area (Å²) < 4.78 is 16.6. The third-order valence-electron chi connectivity index (χ3n) is 2.75. The van der Waals surface area contributed by atoms with Crippen molar-refractivity contribution in [3.05, 3.63) is 50.2 Å². The van der Waals surface area contributed by atoms with Crippen molar-refractivity contribution < 1.29 is 9.18 Å². The minimum atomic E-state index is -0.371. The fraction of sp³-hybridized carbons (Fsp3) is 0.0769. The molecule has 0 unspecified atom stereocenters. The fourth-order valence-corrected chi connectivity index (χ4v) is 3.79. The summed E-state index contributed by atoms with van der Waals surface area (Å²) in [6.07, 6.45) is 0. The predicted molar refractivity (Wildman–Crippen MR) is 80.0 cm³/mol. The van der Waals surface area contributed by atoms with Crippen LogP contribution in [0.15, 0.2) is 35.3 Å². The number of hydrogen-bond acceptors (Lipinski definition) is 3. The van der Waals surface area contributed by atoms with Crippen LogP contribution in [-0.4, -0.2) is 10.5 Å². The smallest absolute Gasteiger partial charge is 0.289 e. The number of rotatable bonds is 1. The number of nitrogens with zero attached hydrogens (tertiary/aromatic N) is 2. The van der Waals surface area contributed by atoms with Crippen molar-refractivity contribution in [2.75, 3.05) is 0 Å². The van der Waals surface area contributed by atoms with Gasteiger partial charge in [-0.3, -0.25) is 4.79 Å². The number of aromatic nitrogens is 1. The van der Waals surface area contributed by atoms with Gasteiger partial charge in [0, 0.05) is 7.05 Å². The van der Waals surface area contributed by atoms with Gasteiger partial charge >= 0.3 is 0 Å². The number of benzene rings is 1. The quantitative estimate of drug-likeness (QED) is 0.669. The molecule has 1 amide bonds. The molecule has 0 aliphatic rings. The number of halogens is 2. The van der Waals surface area contributed by atoms with Gasteiger partial charge in [0.15, 0.2) is 4.80 Å². The lowest BCUT2D eigenvalue weighted by molar-refractivity contribution is 0.100. The lowest BCUT2D eigenvalue weighted by Crippen LogP contribution is -2.13. The SMILES string of the molecule is Cn1c(=NC(=O)c2ccc(Cl)s2)sc2cccc(F)c21. The van der Waals surface area contributed by atoms with Crippen LogP contribution < -0.4 is 4.80 Å². The van der Waals surface area contributed by atoms with Gasteiger partial charge in [-0.1, -0.05) is 29.0 Å². The van der Waals surface area contributed by atoms with Crippen LogP contribution in [0.25, 0.3) is 10.2 Å². The summed E-state index contributed by atoms with van der Waals surface area (Å²) >= 11 is 8.25. The van der Waals surface area contributed by atoms with Crippen LogP contribution in [0, 0.1) is 5.82 Å². The van der Waals surface area contributed by atoms with Crippen molar-refractivity contribution in [2.45, 2.75) is 0 Å². The number of carbonyl (C=O) groups excluding carboxylic acids is 1. The van der Waals surface area contributed by atoms with Gasteiger partial charge in [-0.25, -0.2) is 4.39 Å². The summed E-state index contributed by atoms with van der Waals surface area (Å²) in [7, 11) is 1.69. The number of thiophene rings is 1. The first kappa shape index (κ1) is 13.5. The minimum Gasteiger partial charge on any atom is -0.317 e. The van der Waals surface area contributed by atoms with E-state index in [2.05, 4.69) is 4.99 Å². The average molecular weight is 327 g/mol. The van der Waals surface area contributed by atoms with Gasteiger partial charge in [0.05, 0.1) is 19.4 Å². The van der Waals surface area contributed by atoms with E-state index < -0.39 is 0 Å². The molecular weight excluding hydrogens is 319 g/mol. The third-order valence-corrected chi connectivity index (χ3v) is 5.07. The molecule has 1 aromatic carbocycles. The molecule has 0 saturated carbocycles. The normalized spacial score (nSPS) is 12.2. The second kappa shape index (κ2) is 5.12. The zero-order valence-electron chi connectivity index (χ0n) is 10.3. The van der Waals surface area contributed by atoms with Crippen molar-refractivity contribution in [3.63, 3.8) is 0 Å². The number of para-hydroxylation sites is 1. The number of amides is 1. The molecular formula is C13H8ClFN2OS2. The highest BCUT2D eigenvalue weighted by Gasteiger charge is 2.11. The van der Waals surface area contributed by atoms with Crippen molar-refractivity contribution in [2.24, 2.45) is 12.0 Å². The molecule has 0 N–H and O–H groups in total. The van der Waals surface area contributed by atoms with Crippen LogP contribution in [-0.2, 0) is 7.05 Å². The van der Waals surface area contributed by atoms with Gasteiger partial charge in [-0.2, -0.15) is 4.99 Å². The molecule has 2 aromatic heterocycles. The standard InChI is InChI=1S/C13H8ClFN2OS2/c1-17-11-7(15)3-2-4-8(11)20-13(17)16-12(18)9-5-6-10(14)19-9/h2-6H,1H3. The van der Waals surface area contributed by atoms with E-state index in [1.807, 2.05) is 0 Å². The van der Waals surface area contributed by atoms with Crippen molar-refractivity contribution in [1.82, 2.24) is 4.57 Å². The topological polar surface area (TPSA) is 34.4 Å². The number of fused-ring (bicyclic) bond motifs is 1. The van der Waals surface area contributed by atoms with Crippen LogP contribution in [0.1, 0.15) is 9.67 Å². The Labute approximate surface area is 126 Å². The molecule has 0 atom stereocenters. The van der Waals surface area contributed by atoms with Crippen LogP contribution in [0.3, 0.4) is 0 Å². The zero-order valence-corrected chi connectivity index (χ0v) is 12.7. The van der Waals surface area contributed by atoms with E-state index in [9.17, 15) is 9.18 Å². The van der Waals surface area contributed by atoms with Gasteiger partial charge < -0.3 is 4.57 Å². The Morgan fingerprint density at radius 3 is 2.75 bits per heavy atom. The second-order valence-electron chi connectivity index (χ2n) is 4.05. The number of thiazole rings is 1. The van der Waals surface area contributed by atoms with Gasteiger partial charge in [0.2, 0.25) is 0 Å². The van der Waals surface area contributed by atoms with Crippen LogP contribution >= 0.6 is 34.3 Å². The van der Waals surface area contributed by atoms with Crippen molar-refractivity contribution in [3.8, 4) is 0 Å². The molecule has 20 heavy (non-hydrogen) atoms. The maximum absolute atomic E-state index is 13.8. The van der Waals surface area contributed by atoms with Crippen LogP contribution in [0.2, 0.25) is 4.34 Å². The Balaban J connectivity index is 2.15. The largest absolute Gasteiger partial charge is 0.317 e. The van der Waals surface area contributed by atoms with Crippen LogP contribution in [0.5, 0.6) is 0 Å². The molecule has 0 aliphatic carbocycles. The number of carbonyl (C=O) groups is 1. The summed E-state index contributed by atoms with van der Waals surface area (Å²) in [5.74, 6) is -0.696. The van der Waals surface area contributed by atoms with E-state index in [0.29, 0.717) is 19.5 Å². The highest BCUT2D eigenvalue weighted by atomic mass is 35.5. The Hall–Kier alpha value is -1.50. The fourth-order valence-electron chi connectivity index (χ4n) is 1.83. The lowest BCUT2D eigenvalue weighted by Gasteiger charge is -1.96. The number of aryl methyl sites for hydroxylation is 1. The summed E-state index contributed by atoms with van der Waals surface area (Å²) in [4.78, 5) is 17.0. The molecule has 3 nitrogen and oxygen atoms in total. The lowest BCUT2D eigenvalue weighted by atomic mass is 10.3. The van der Waals surface area contributed by atoms with E-state index in [0.717, 1.165) is 4.70 Å². The highest BCUT2D eigenvalue weighted by molar-refractivity contribution is 7.18. The van der Waals surface area contributed by atoms with Gasteiger partial charge in [-0.05, 0) is 24.3 Å². The van der Waals surface area contributed by atoms with E-state index in [-0.39, 0.29) is 11.7 Å². The molecule has 3 rings (SSSR count). The first-order valence-corrected chi connectivity index (χ1v) is 7.66.